The second-order valence-corrected chi connectivity index (χ2v) is 11.9. The van der Waals surface area contributed by atoms with E-state index in [9.17, 15) is 9.59 Å². The van der Waals surface area contributed by atoms with Crippen LogP contribution in [-0.4, -0.2) is 11.8 Å². The predicted octanol–water partition coefficient (Wildman–Crippen LogP) is 7.87. The third-order valence-electron chi connectivity index (χ3n) is 7.30. The number of fused-ring (bicyclic) bond motifs is 2. The Kier molecular flexibility index (Phi) is 6.44. The zero-order valence-corrected chi connectivity index (χ0v) is 22.1. The Morgan fingerprint density at radius 1 is 0.889 bits per heavy atom. The van der Waals surface area contributed by atoms with Crippen LogP contribution in [0.3, 0.4) is 0 Å². The molecular formula is C31H32N2O2S. The van der Waals surface area contributed by atoms with Crippen LogP contribution in [0.1, 0.15) is 63.9 Å². The molecule has 1 aliphatic carbocycles. The van der Waals surface area contributed by atoms with Crippen molar-refractivity contribution in [3.63, 3.8) is 0 Å². The molecule has 0 saturated heterocycles. The fourth-order valence-electron chi connectivity index (χ4n) is 5.05. The molecule has 4 nitrogen and oxygen atoms in total. The first kappa shape index (κ1) is 24.3. The van der Waals surface area contributed by atoms with Gasteiger partial charge in [-0.15, -0.1) is 11.3 Å². The van der Waals surface area contributed by atoms with Gasteiger partial charge in [0.25, 0.3) is 11.8 Å². The number of anilines is 2. The summed E-state index contributed by atoms with van der Waals surface area (Å²) < 4.78 is 0. The number of carbonyl (C=O) groups excluding carboxylic acids is 2. The minimum atomic E-state index is -0.194. The third-order valence-corrected chi connectivity index (χ3v) is 8.47. The molecule has 5 rings (SSSR count). The van der Waals surface area contributed by atoms with Gasteiger partial charge >= 0.3 is 0 Å². The molecule has 2 amide bonds. The smallest absolute Gasteiger partial charge is 0.258 e. The molecule has 0 fully saturated rings. The summed E-state index contributed by atoms with van der Waals surface area (Å²) >= 11 is 1.56. The molecule has 0 bridgehead atoms. The van der Waals surface area contributed by atoms with Crippen molar-refractivity contribution < 1.29 is 9.59 Å². The Labute approximate surface area is 216 Å². The Bertz CT molecular complexity index is 1440. The zero-order chi connectivity index (χ0) is 25.4. The highest BCUT2D eigenvalue weighted by atomic mass is 32.1. The van der Waals surface area contributed by atoms with Crippen LogP contribution in [0.2, 0.25) is 0 Å². The number of benzene rings is 3. The lowest BCUT2D eigenvalue weighted by atomic mass is 9.72. The van der Waals surface area contributed by atoms with Crippen molar-refractivity contribution in [2.75, 3.05) is 10.6 Å². The topological polar surface area (TPSA) is 58.2 Å². The largest absolute Gasteiger partial charge is 0.321 e. The van der Waals surface area contributed by atoms with E-state index in [1.807, 2.05) is 73.7 Å². The van der Waals surface area contributed by atoms with Gasteiger partial charge in [0.05, 0.1) is 5.56 Å². The maximum Gasteiger partial charge on any atom is 0.258 e. The standard InChI is InChI=1S/C31H32N2O2S/c1-19-12-14-21(15-13-19)28(34)33-30-27(24-17-16-22(31(2,3)4)18-26(24)36-30)29(35)32-25-11-7-9-20-8-5-6-10-23(20)25/h5-15,22H,16-18H2,1-4H3,(H,32,35)(H,33,34). The number of amides is 2. The van der Waals surface area contributed by atoms with Crippen LogP contribution in [0, 0.1) is 18.3 Å². The van der Waals surface area contributed by atoms with E-state index in [0.29, 0.717) is 22.0 Å². The first-order valence-corrected chi connectivity index (χ1v) is 13.3. The van der Waals surface area contributed by atoms with Gasteiger partial charge in [0, 0.05) is 21.5 Å². The summed E-state index contributed by atoms with van der Waals surface area (Å²) in [6.45, 7) is 8.84. The van der Waals surface area contributed by atoms with Crippen LogP contribution in [-0.2, 0) is 12.8 Å². The van der Waals surface area contributed by atoms with Gasteiger partial charge in [-0.1, -0.05) is 74.9 Å². The number of aryl methyl sites for hydroxylation is 1. The Morgan fingerprint density at radius 2 is 1.61 bits per heavy atom. The van der Waals surface area contributed by atoms with Crippen LogP contribution in [0.25, 0.3) is 10.8 Å². The van der Waals surface area contributed by atoms with Crippen LogP contribution in [0.15, 0.2) is 66.7 Å². The van der Waals surface area contributed by atoms with Gasteiger partial charge in [-0.2, -0.15) is 0 Å². The maximum absolute atomic E-state index is 13.8. The number of rotatable bonds is 4. The molecule has 3 aromatic carbocycles. The van der Waals surface area contributed by atoms with Crippen molar-refractivity contribution in [3.8, 4) is 0 Å². The number of nitrogens with one attached hydrogen (secondary N) is 2. The van der Waals surface area contributed by atoms with Crippen molar-refractivity contribution >= 4 is 44.6 Å². The number of hydrogen-bond donors (Lipinski definition) is 2. The van der Waals surface area contributed by atoms with Crippen LogP contribution in [0.4, 0.5) is 10.7 Å². The van der Waals surface area contributed by atoms with Crippen molar-refractivity contribution in [2.24, 2.45) is 11.3 Å². The zero-order valence-electron chi connectivity index (χ0n) is 21.3. The van der Waals surface area contributed by atoms with Gasteiger partial charge in [0.15, 0.2) is 0 Å². The van der Waals surface area contributed by atoms with Crippen molar-refractivity contribution in [2.45, 2.75) is 47.0 Å². The quantitative estimate of drug-likeness (QED) is 0.302. The molecule has 2 N–H and O–H groups in total. The van der Waals surface area contributed by atoms with E-state index in [1.54, 1.807) is 11.3 Å². The lowest BCUT2D eigenvalue weighted by molar-refractivity contribution is 0.102. The van der Waals surface area contributed by atoms with Gasteiger partial charge < -0.3 is 10.6 Å². The summed E-state index contributed by atoms with van der Waals surface area (Å²) in [5.41, 5.74) is 4.34. The van der Waals surface area contributed by atoms with Crippen LogP contribution < -0.4 is 10.6 Å². The first-order valence-electron chi connectivity index (χ1n) is 12.5. The summed E-state index contributed by atoms with van der Waals surface area (Å²) in [5.74, 6) is 0.177. The highest BCUT2D eigenvalue weighted by Gasteiger charge is 2.34. The molecule has 5 heteroatoms. The van der Waals surface area contributed by atoms with E-state index in [-0.39, 0.29) is 17.2 Å². The minimum absolute atomic E-state index is 0.169. The summed E-state index contributed by atoms with van der Waals surface area (Å²) in [6, 6.07) is 21.4. The average molecular weight is 497 g/mol. The SMILES string of the molecule is Cc1ccc(C(=O)Nc2sc3c(c2C(=O)Nc2cccc4ccccc24)CCC(C(C)(C)C)C3)cc1. The molecular weight excluding hydrogens is 464 g/mol. The van der Waals surface area contributed by atoms with Crippen molar-refractivity contribution in [1.82, 2.24) is 0 Å². The second kappa shape index (κ2) is 9.55. The van der Waals surface area contributed by atoms with E-state index in [1.165, 1.54) is 4.88 Å². The lowest BCUT2D eigenvalue weighted by Gasteiger charge is -2.33. The average Bonchev–Trinajstić information content (AvgIpc) is 3.21. The Hall–Kier alpha value is -3.44. The molecule has 1 aliphatic rings. The van der Waals surface area contributed by atoms with E-state index in [4.69, 9.17) is 0 Å². The number of hydrogen-bond acceptors (Lipinski definition) is 3. The van der Waals surface area contributed by atoms with E-state index >= 15 is 0 Å². The fraction of sp³-hybridized carbons (Fsp3) is 0.290. The normalized spacial score (nSPS) is 15.4. The van der Waals surface area contributed by atoms with Gasteiger partial charge in [-0.25, -0.2) is 0 Å². The van der Waals surface area contributed by atoms with Crippen LogP contribution >= 0.6 is 11.3 Å². The molecule has 0 radical (unpaired) electrons. The van der Waals surface area contributed by atoms with Gasteiger partial charge in [-0.3, -0.25) is 9.59 Å². The Morgan fingerprint density at radius 3 is 2.36 bits per heavy atom. The molecule has 0 saturated carbocycles. The summed E-state index contributed by atoms with van der Waals surface area (Å²) in [4.78, 5) is 28.1. The van der Waals surface area contributed by atoms with Gasteiger partial charge in [0.2, 0.25) is 0 Å². The minimum Gasteiger partial charge on any atom is -0.321 e. The van der Waals surface area contributed by atoms with Crippen molar-refractivity contribution in [1.29, 1.82) is 0 Å². The predicted molar refractivity (Wildman–Crippen MR) is 150 cm³/mol. The number of thiophene rings is 1. The molecule has 1 aromatic heterocycles. The fourth-order valence-corrected chi connectivity index (χ4v) is 6.37. The molecule has 4 aromatic rings. The van der Waals surface area contributed by atoms with Gasteiger partial charge in [0.1, 0.15) is 5.00 Å². The molecule has 36 heavy (non-hydrogen) atoms. The van der Waals surface area contributed by atoms with Gasteiger partial charge in [-0.05, 0) is 66.7 Å². The maximum atomic E-state index is 13.8. The summed E-state index contributed by atoms with van der Waals surface area (Å²) in [6.07, 6.45) is 2.80. The molecule has 1 atom stereocenters. The highest BCUT2D eigenvalue weighted by Crippen LogP contribution is 2.44. The van der Waals surface area contributed by atoms with E-state index in [0.717, 1.165) is 46.8 Å². The monoisotopic (exact) mass is 496 g/mol. The summed E-state index contributed by atoms with van der Waals surface area (Å²) in [5, 5.41) is 8.94. The highest BCUT2D eigenvalue weighted by molar-refractivity contribution is 7.17. The third kappa shape index (κ3) is 4.80. The summed E-state index contributed by atoms with van der Waals surface area (Å²) in [7, 11) is 0. The molecule has 0 spiro atoms. The Balaban J connectivity index is 1.52. The van der Waals surface area contributed by atoms with Crippen LogP contribution in [0.5, 0.6) is 0 Å². The van der Waals surface area contributed by atoms with E-state index < -0.39 is 0 Å². The second-order valence-electron chi connectivity index (χ2n) is 10.8. The number of carbonyl (C=O) groups is 2. The molecule has 184 valence electrons. The molecule has 1 heterocycles. The van der Waals surface area contributed by atoms with Crippen molar-refractivity contribution in [3.05, 3.63) is 93.9 Å². The molecule has 1 unspecified atom stereocenters. The van der Waals surface area contributed by atoms with E-state index in [2.05, 4.69) is 31.4 Å². The molecule has 0 aliphatic heterocycles. The first-order chi connectivity index (χ1) is 17.2. The lowest BCUT2D eigenvalue weighted by Crippen LogP contribution is -2.27.